The summed E-state index contributed by atoms with van der Waals surface area (Å²) in [5, 5.41) is 2.36. The van der Waals surface area contributed by atoms with Gasteiger partial charge in [0, 0.05) is 4.90 Å². The van der Waals surface area contributed by atoms with Crippen molar-refractivity contribution in [2.24, 2.45) is 0 Å². The first-order valence-electron chi connectivity index (χ1n) is 7.18. The fourth-order valence-electron chi connectivity index (χ4n) is 1.88. The molecule has 0 saturated carbocycles. The number of amides is 3. The Morgan fingerprint density at radius 1 is 1.16 bits per heavy atom. The van der Waals surface area contributed by atoms with Crippen LogP contribution in [0.3, 0.4) is 0 Å². The normalized spacial score (nSPS) is 10.0. The Labute approximate surface area is 148 Å². The zero-order chi connectivity index (χ0) is 18.2. The fraction of sp³-hybridized carbons (Fsp3) is 0.188. The van der Waals surface area contributed by atoms with Crippen LogP contribution in [0.1, 0.15) is 16.1 Å². The number of hydrazine groups is 1. The molecule has 2 rings (SSSR count). The van der Waals surface area contributed by atoms with E-state index in [9.17, 15) is 14.4 Å². The molecule has 25 heavy (non-hydrogen) atoms. The van der Waals surface area contributed by atoms with E-state index in [1.807, 2.05) is 11.7 Å². The molecule has 0 radical (unpaired) electrons. The van der Waals surface area contributed by atoms with Crippen molar-refractivity contribution in [2.45, 2.75) is 11.4 Å². The van der Waals surface area contributed by atoms with Gasteiger partial charge in [-0.2, -0.15) is 0 Å². The monoisotopic (exact) mass is 363 g/mol. The third-order valence-corrected chi connectivity index (χ3v) is 3.88. The number of hydrogen-bond acceptors (Lipinski definition) is 6. The van der Waals surface area contributed by atoms with E-state index in [1.54, 1.807) is 30.3 Å². The minimum Gasteiger partial charge on any atom is -0.496 e. The maximum Gasteiger partial charge on any atom is 0.327 e. The van der Waals surface area contributed by atoms with Crippen molar-refractivity contribution in [1.29, 1.82) is 0 Å². The van der Waals surface area contributed by atoms with Crippen LogP contribution in [-0.2, 0) is 16.1 Å². The highest BCUT2D eigenvalue weighted by Crippen LogP contribution is 2.25. The largest absolute Gasteiger partial charge is 0.496 e. The van der Waals surface area contributed by atoms with Gasteiger partial charge in [0.1, 0.15) is 11.5 Å². The van der Waals surface area contributed by atoms with E-state index in [2.05, 4.69) is 10.7 Å². The van der Waals surface area contributed by atoms with Crippen LogP contribution < -0.4 is 20.9 Å². The van der Waals surface area contributed by atoms with Crippen LogP contribution in [0.2, 0.25) is 0 Å². The highest BCUT2D eigenvalue weighted by Gasteiger charge is 2.17. The smallest absolute Gasteiger partial charge is 0.327 e. The van der Waals surface area contributed by atoms with E-state index < -0.39 is 17.7 Å². The molecule has 8 nitrogen and oxygen atoms in total. The molecule has 132 valence electrons. The first kappa shape index (κ1) is 18.4. The number of benzene rings is 1. The average Bonchev–Trinajstić information content (AvgIpc) is 3.16. The van der Waals surface area contributed by atoms with Crippen LogP contribution in [-0.4, -0.2) is 31.1 Å². The van der Waals surface area contributed by atoms with Gasteiger partial charge in [0.2, 0.25) is 0 Å². The summed E-state index contributed by atoms with van der Waals surface area (Å²) in [7, 11) is 1.44. The molecule has 0 aliphatic rings. The average molecular weight is 363 g/mol. The van der Waals surface area contributed by atoms with Gasteiger partial charge in [-0.3, -0.25) is 25.2 Å². The molecule has 0 fully saturated rings. The zero-order valence-corrected chi connectivity index (χ0v) is 14.4. The van der Waals surface area contributed by atoms with Crippen LogP contribution in [0, 0.1) is 0 Å². The van der Waals surface area contributed by atoms with E-state index in [1.165, 1.54) is 25.1 Å². The number of carbonyl (C=O) groups excluding carboxylic acids is 3. The predicted molar refractivity (Wildman–Crippen MR) is 90.9 cm³/mol. The molecule has 2 aromatic rings. The highest BCUT2D eigenvalue weighted by atomic mass is 32.2. The Morgan fingerprint density at radius 2 is 1.96 bits per heavy atom. The van der Waals surface area contributed by atoms with Crippen LogP contribution in [0.5, 0.6) is 5.75 Å². The van der Waals surface area contributed by atoms with E-state index in [0.29, 0.717) is 11.5 Å². The molecule has 0 bridgehead atoms. The van der Waals surface area contributed by atoms with Crippen molar-refractivity contribution >= 4 is 29.5 Å². The van der Waals surface area contributed by atoms with E-state index in [-0.39, 0.29) is 12.1 Å². The van der Waals surface area contributed by atoms with E-state index in [0.717, 1.165) is 4.90 Å². The number of furan rings is 1. The molecule has 0 saturated heterocycles. The molecule has 9 heteroatoms. The Hall–Kier alpha value is -2.94. The molecule has 0 spiro atoms. The fourth-order valence-corrected chi connectivity index (χ4v) is 2.31. The second-order valence-corrected chi connectivity index (χ2v) is 5.62. The number of hydrogen-bond donors (Lipinski definition) is 3. The van der Waals surface area contributed by atoms with Gasteiger partial charge in [-0.1, -0.05) is 0 Å². The summed E-state index contributed by atoms with van der Waals surface area (Å²) >= 11 is 1.50. The summed E-state index contributed by atoms with van der Waals surface area (Å²) in [6, 6.07) is 8.35. The number of ether oxygens (including phenoxy) is 1. The molecule has 0 unspecified atom stereocenters. The predicted octanol–water partition coefficient (Wildman–Crippen LogP) is 1.09. The van der Waals surface area contributed by atoms with Crippen LogP contribution >= 0.6 is 11.8 Å². The summed E-state index contributed by atoms with van der Waals surface area (Å²) in [6.07, 6.45) is 3.35. The van der Waals surface area contributed by atoms with Crippen molar-refractivity contribution in [3.63, 3.8) is 0 Å². The lowest BCUT2D eigenvalue weighted by Gasteiger charge is -2.11. The molecular weight excluding hydrogens is 346 g/mol. The SMILES string of the molecule is COc1cc(SC)ccc1C(=O)NNC(=O)C(=O)NCc1ccco1. The molecule has 1 heterocycles. The maximum absolute atomic E-state index is 12.1. The summed E-state index contributed by atoms with van der Waals surface area (Å²) < 4.78 is 10.2. The second kappa shape index (κ2) is 8.78. The van der Waals surface area contributed by atoms with Gasteiger partial charge >= 0.3 is 11.8 Å². The Morgan fingerprint density at radius 3 is 2.60 bits per heavy atom. The maximum atomic E-state index is 12.1. The van der Waals surface area contributed by atoms with Gasteiger partial charge < -0.3 is 14.5 Å². The lowest BCUT2D eigenvalue weighted by atomic mass is 10.2. The Bertz CT molecular complexity index is 761. The minimum absolute atomic E-state index is 0.0666. The van der Waals surface area contributed by atoms with Crippen LogP contribution in [0.15, 0.2) is 45.9 Å². The molecule has 0 aliphatic heterocycles. The molecule has 0 atom stereocenters. The van der Waals surface area contributed by atoms with Crippen molar-refractivity contribution < 1.29 is 23.5 Å². The first-order valence-corrected chi connectivity index (χ1v) is 8.40. The molecule has 1 aromatic heterocycles. The molecule has 3 amide bonds. The number of rotatable bonds is 5. The van der Waals surface area contributed by atoms with Gasteiger partial charge in [-0.05, 0) is 36.6 Å². The topological polar surface area (TPSA) is 110 Å². The van der Waals surface area contributed by atoms with Gasteiger partial charge in [-0.15, -0.1) is 11.8 Å². The van der Waals surface area contributed by atoms with Crippen molar-refractivity contribution in [1.82, 2.24) is 16.2 Å². The van der Waals surface area contributed by atoms with E-state index >= 15 is 0 Å². The van der Waals surface area contributed by atoms with E-state index in [4.69, 9.17) is 9.15 Å². The molecular formula is C16H17N3O5S. The van der Waals surface area contributed by atoms with Gasteiger partial charge in [0.05, 0.1) is 25.5 Å². The number of thioether (sulfide) groups is 1. The number of methoxy groups -OCH3 is 1. The summed E-state index contributed by atoms with van der Waals surface area (Å²) in [4.78, 5) is 36.4. The molecule has 1 aromatic carbocycles. The Balaban J connectivity index is 1.88. The lowest BCUT2D eigenvalue weighted by molar-refractivity contribution is -0.139. The standard InChI is InChI=1S/C16H17N3O5S/c1-23-13-8-11(25-2)5-6-12(13)14(20)18-19-16(22)15(21)17-9-10-4-3-7-24-10/h3-8H,9H2,1-2H3,(H,17,21)(H,18,20)(H,19,22). The molecule has 0 aliphatic carbocycles. The van der Waals surface area contributed by atoms with Gasteiger partial charge in [0.15, 0.2) is 0 Å². The van der Waals surface area contributed by atoms with Crippen molar-refractivity contribution in [3.8, 4) is 5.75 Å². The Kier molecular flexibility index (Phi) is 6.47. The third kappa shape index (κ3) is 5.01. The van der Waals surface area contributed by atoms with Crippen LogP contribution in [0.25, 0.3) is 0 Å². The summed E-state index contributed by atoms with van der Waals surface area (Å²) in [5.41, 5.74) is 4.46. The quantitative estimate of drug-likeness (QED) is 0.417. The number of nitrogens with one attached hydrogen (secondary N) is 3. The van der Waals surface area contributed by atoms with Crippen LogP contribution in [0.4, 0.5) is 0 Å². The molecule has 3 N–H and O–H groups in total. The summed E-state index contributed by atoms with van der Waals surface area (Å²) in [5.74, 6) is -1.64. The third-order valence-electron chi connectivity index (χ3n) is 3.15. The second-order valence-electron chi connectivity index (χ2n) is 4.74. The highest BCUT2D eigenvalue weighted by molar-refractivity contribution is 7.98. The lowest BCUT2D eigenvalue weighted by Crippen LogP contribution is -2.48. The van der Waals surface area contributed by atoms with Crippen molar-refractivity contribution in [2.75, 3.05) is 13.4 Å². The van der Waals surface area contributed by atoms with Crippen molar-refractivity contribution in [3.05, 3.63) is 47.9 Å². The number of carbonyl (C=O) groups is 3. The zero-order valence-electron chi connectivity index (χ0n) is 13.6. The van der Waals surface area contributed by atoms with Gasteiger partial charge in [0.25, 0.3) is 5.91 Å². The first-order chi connectivity index (χ1) is 12.0. The minimum atomic E-state index is -1.00. The summed E-state index contributed by atoms with van der Waals surface area (Å²) in [6.45, 7) is 0.0666. The van der Waals surface area contributed by atoms with Gasteiger partial charge in [-0.25, -0.2) is 0 Å².